The highest BCUT2D eigenvalue weighted by molar-refractivity contribution is 5.98. The average molecular weight is 372 g/mol. The number of carbonyl (C=O) groups excluding carboxylic acids is 1. The molecule has 2 aliphatic heterocycles. The lowest BCUT2D eigenvalue weighted by atomic mass is 10.0. The highest BCUT2D eigenvalue weighted by atomic mass is 16.2. The lowest BCUT2D eigenvalue weighted by Gasteiger charge is -2.33. The Morgan fingerprint density at radius 2 is 2.07 bits per heavy atom. The van der Waals surface area contributed by atoms with E-state index in [-0.39, 0.29) is 12.5 Å². The van der Waals surface area contributed by atoms with Crippen molar-refractivity contribution in [2.75, 3.05) is 44.7 Å². The zero-order chi connectivity index (χ0) is 19.1. The number of hydrogen-bond acceptors (Lipinski definition) is 3. The van der Waals surface area contributed by atoms with E-state index in [4.69, 9.17) is 0 Å². The molecular weight excluding hydrogens is 338 g/mol. The zero-order valence-corrected chi connectivity index (χ0v) is 16.7. The first kappa shape index (κ1) is 19.7. The van der Waals surface area contributed by atoms with Crippen molar-refractivity contribution in [1.82, 2.24) is 15.5 Å². The van der Waals surface area contributed by atoms with Gasteiger partial charge in [-0.05, 0) is 50.8 Å². The van der Waals surface area contributed by atoms with Gasteiger partial charge in [0.15, 0.2) is 5.96 Å². The van der Waals surface area contributed by atoms with Gasteiger partial charge in [0.1, 0.15) is 0 Å². The van der Waals surface area contributed by atoms with E-state index in [0.717, 1.165) is 38.2 Å². The number of fused-ring (bicyclic) bond motifs is 1. The number of nitrogens with zero attached hydrogens (tertiary/aromatic N) is 3. The van der Waals surface area contributed by atoms with Gasteiger partial charge in [-0.3, -0.25) is 9.79 Å². The Morgan fingerprint density at radius 3 is 2.89 bits per heavy atom. The van der Waals surface area contributed by atoms with Crippen LogP contribution in [-0.4, -0.2) is 62.6 Å². The number of para-hydroxylation sites is 1. The number of amides is 1. The molecule has 6 heteroatoms. The van der Waals surface area contributed by atoms with Gasteiger partial charge in [-0.2, -0.15) is 0 Å². The number of hydrogen-bond donors (Lipinski definition) is 2. The van der Waals surface area contributed by atoms with Crippen LogP contribution in [0.1, 0.15) is 38.2 Å². The number of carbonyl (C=O) groups is 1. The van der Waals surface area contributed by atoms with Crippen molar-refractivity contribution < 1.29 is 4.79 Å². The fourth-order valence-corrected chi connectivity index (χ4v) is 4.05. The quantitative estimate of drug-likeness (QED) is 0.456. The van der Waals surface area contributed by atoms with Crippen LogP contribution in [0.4, 0.5) is 5.69 Å². The number of anilines is 1. The highest BCUT2D eigenvalue weighted by Crippen LogP contribution is 2.27. The second-order valence-electron chi connectivity index (χ2n) is 7.51. The second kappa shape index (κ2) is 9.74. The van der Waals surface area contributed by atoms with E-state index in [1.54, 1.807) is 7.05 Å². The standard InChI is InChI=1S/C21H33N5O/c1-17-8-5-6-13-25(17)14-7-12-23-21(22-2)24-16-20(27)26-15-11-18-9-3-4-10-19(18)26/h3-4,9-10,17H,5-8,11-16H2,1-2H3,(H2,22,23,24). The average Bonchev–Trinajstić information content (AvgIpc) is 3.13. The van der Waals surface area contributed by atoms with Crippen LogP contribution in [0.15, 0.2) is 29.3 Å². The summed E-state index contributed by atoms with van der Waals surface area (Å²) < 4.78 is 0. The van der Waals surface area contributed by atoms with Crippen molar-refractivity contribution in [3.05, 3.63) is 29.8 Å². The third-order valence-corrected chi connectivity index (χ3v) is 5.67. The monoisotopic (exact) mass is 371 g/mol. The molecule has 0 saturated carbocycles. The maximum Gasteiger partial charge on any atom is 0.246 e. The smallest absolute Gasteiger partial charge is 0.246 e. The predicted octanol–water partition coefficient (Wildman–Crippen LogP) is 2.01. The number of benzene rings is 1. The van der Waals surface area contributed by atoms with Crippen molar-refractivity contribution in [3.8, 4) is 0 Å². The van der Waals surface area contributed by atoms with E-state index in [0.29, 0.717) is 12.0 Å². The molecule has 1 aromatic rings. The van der Waals surface area contributed by atoms with Crippen LogP contribution in [0.3, 0.4) is 0 Å². The molecule has 2 N–H and O–H groups in total. The lowest BCUT2D eigenvalue weighted by molar-refractivity contribution is -0.117. The zero-order valence-electron chi connectivity index (χ0n) is 16.7. The molecule has 1 saturated heterocycles. The maximum absolute atomic E-state index is 12.6. The number of piperidine rings is 1. The molecule has 2 heterocycles. The first-order valence-electron chi connectivity index (χ1n) is 10.3. The summed E-state index contributed by atoms with van der Waals surface area (Å²) in [6.07, 6.45) is 6.02. The van der Waals surface area contributed by atoms with E-state index in [1.807, 2.05) is 23.1 Å². The predicted molar refractivity (Wildman–Crippen MR) is 111 cm³/mol. The molecular formula is C21H33N5O. The van der Waals surface area contributed by atoms with Crippen molar-refractivity contribution in [2.24, 2.45) is 4.99 Å². The number of guanidine groups is 1. The molecule has 1 amide bonds. The van der Waals surface area contributed by atoms with Crippen LogP contribution < -0.4 is 15.5 Å². The van der Waals surface area contributed by atoms with Gasteiger partial charge in [0.2, 0.25) is 5.91 Å². The Kier molecular flexibility index (Phi) is 7.10. The van der Waals surface area contributed by atoms with Crippen LogP contribution in [0.5, 0.6) is 0 Å². The van der Waals surface area contributed by atoms with Gasteiger partial charge in [0.05, 0.1) is 6.54 Å². The van der Waals surface area contributed by atoms with Crippen LogP contribution in [0.25, 0.3) is 0 Å². The Labute approximate surface area is 163 Å². The van der Waals surface area contributed by atoms with Crippen molar-refractivity contribution >= 4 is 17.6 Å². The molecule has 0 bridgehead atoms. The fraction of sp³-hybridized carbons (Fsp3) is 0.619. The number of aliphatic imine (C=N–C) groups is 1. The van der Waals surface area contributed by atoms with Gasteiger partial charge in [-0.25, -0.2) is 0 Å². The van der Waals surface area contributed by atoms with Crippen LogP contribution in [0, 0.1) is 0 Å². The van der Waals surface area contributed by atoms with E-state index >= 15 is 0 Å². The van der Waals surface area contributed by atoms with E-state index in [9.17, 15) is 4.79 Å². The van der Waals surface area contributed by atoms with E-state index in [1.165, 1.54) is 31.4 Å². The molecule has 3 rings (SSSR count). The first-order chi connectivity index (χ1) is 13.2. The third-order valence-electron chi connectivity index (χ3n) is 5.67. The number of rotatable bonds is 6. The molecule has 0 spiro atoms. The summed E-state index contributed by atoms with van der Waals surface area (Å²) >= 11 is 0. The molecule has 6 nitrogen and oxygen atoms in total. The first-order valence-corrected chi connectivity index (χ1v) is 10.3. The third kappa shape index (κ3) is 5.22. The Balaban J connectivity index is 1.37. The van der Waals surface area contributed by atoms with Crippen LogP contribution in [-0.2, 0) is 11.2 Å². The minimum Gasteiger partial charge on any atom is -0.356 e. The SMILES string of the molecule is CN=C(NCCCN1CCCCC1C)NCC(=O)N1CCc2ccccc21. The summed E-state index contributed by atoms with van der Waals surface area (Å²) in [7, 11) is 1.75. The van der Waals surface area contributed by atoms with E-state index in [2.05, 4.69) is 33.5 Å². The summed E-state index contributed by atoms with van der Waals surface area (Å²) in [5.74, 6) is 0.785. The van der Waals surface area contributed by atoms with E-state index < -0.39 is 0 Å². The minimum atomic E-state index is 0.0880. The summed E-state index contributed by atoms with van der Waals surface area (Å²) in [6.45, 7) is 6.56. The molecule has 0 aliphatic carbocycles. The van der Waals surface area contributed by atoms with Crippen molar-refractivity contribution in [1.29, 1.82) is 0 Å². The Morgan fingerprint density at radius 1 is 1.22 bits per heavy atom. The highest BCUT2D eigenvalue weighted by Gasteiger charge is 2.24. The van der Waals surface area contributed by atoms with Crippen molar-refractivity contribution in [3.63, 3.8) is 0 Å². The van der Waals surface area contributed by atoms with Crippen LogP contribution >= 0.6 is 0 Å². The second-order valence-corrected chi connectivity index (χ2v) is 7.51. The molecule has 1 unspecified atom stereocenters. The number of likely N-dealkylation sites (tertiary alicyclic amines) is 1. The molecule has 0 radical (unpaired) electrons. The minimum absolute atomic E-state index is 0.0880. The van der Waals surface area contributed by atoms with Gasteiger partial charge in [0, 0.05) is 38.4 Å². The topological polar surface area (TPSA) is 60.0 Å². The Bertz CT molecular complexity index is 660. The molecule has 148 valence electrons. The lowest BCUT2D eigenvalue weighted by Crippen LogP contribution is -2.45. The summed E-state index contributed by atoms with van der Waals surface area (Å²) in [4.78, 5) is 21.3. The number of nitrogens with one attached hydrogen (secondary N) is 2. The molecule has 1 fully saturated rings. The summed E-state index contributed by atoms with van der Waals surface area (Å²) in [6, 6.07) is 8.84. The normalized spacial score (nSPS) is 20.4. The summed E-state index contributed by atoms with van der Waals surface area (Å²) in [5, 5.41) is 6.49. The van der Waals surface area contributed by atoms with Gasteiger partial charge >= 0.3 is 0 Å². The van der Waals surface area contributed by atoms with Crippen LogP contribution in [0.2, 0.25) is 0 Å². The van der Waals surface area contributed by atoms with Crippen molar-refractivity contribution in [2.45, 2.75) is 45.1 Å². The summed E-state index contributed by atoms with van der Waals surface area (Å²) in [5.41, 5.74) is 2.29. The molecule has 27 heavy (non-hydrogen) atoms. The van der Waals surface area contributed by atoms with Gasteiger partial charge in [0.25, 0.3) is 0 Å². The molecule has 0 aromatic heterocycles. The maximum atomic E-state index is 12.6. The fourth-order valence-electron chi connectivity index (χ4n) is 4.05. The van der Waals surface area contributed by atoms with Gasteiger partial charge in [-0.1, -0.05) is 24.6 Å². The Hall–Kier alpha value is -2.08. The molecule has 2 aliphatic rings. The molecule has 1 atom stereocenters. The van der Waals surface area contributed by atoms with Gasteiger partial charge in [-0.15, -0.1) is 0 Å². The molecule has 1 aromatic carbocycles. The van der Waals surface area contributed by atoms with Gasteiger partial charge < -0.3 is 20.4 Å². The largest absolute Gasteiger partial charge is 0.356 e.